The van der Waals surface area contributed by atoms with Gasteiger partial charge in [0.15, 0.2) is 0 Å². The van der Waals surface area contributed by atoms with Crippen LogP contribution in [0.25, 0.3) is 0 Å². The molecule has 1 aliphatic rings. The van der Waals surface area contributed by atoms with Gasteiger partial charge in [0.05, 0.1) is 0 Å². The van der Waals surface area contributed by atoms with Crippen LogP contribution in [0.1, 0.15) is 45.1 Å². The van der Waals surface area contributed by atoms with E-state index in [1.165, 1.54) is 24.8 Å². The first-order valence-corrected chi connectivity index (χ1v) is 6.70. The molecule has 2 heteroatoms. The van der Waals surface area contributed by atoms with Gasteiger partial charge in [-0.2, -0.15) is 0 Å². The quantitative estimate of drug-likeness (QED) is 0.820. The van der Waals surface area contributed by atoms with E-state index in [9.17, 15) is 5.11 Å². The maximum atomic E-state index is 9.68. The van der Waals surface area contributed by atoms with Gasteiger partial charge in [-0.1, -0.05) is 38.8 Å². The van der Waals surface area contributed by atoms with E-state index in [4.69, 9.17) is 0 Å². The first kappa shape index (κ1) is 12.4. The fourth-order valence-corrected chi connectivity index (χ4v) is 2.96. The zero-order valence-electron chi connectivity index (χ0n) is 10.9. The predicted molar refractivity (Wildman–Crippen MR) is 71.1 cm³/mol. The van der Waals surface area contributed by atoms with Crippen molar-refractivity contribution in [1.82, 2.24) is 5.32 Å². The summed E-state index contributed by atoms with van der Waals surface area (Å²) in [6.45, 7) is 5.61. The molecular weight excluding hydrogens is 210 g/mol. The lowest BCUT2D eigenvalue weighted by molar-refractivity contribution is 0.230. The van der Waals surface area contributed by atoms with E-state index in [2.05, 4.69) is 25.2 Å². The van der Waals surface area contributed by atoms with Crippen molar-refractivity contribution in [2.24, 2.45) is 5.92 Å². The summed E-state index contributed by atoms with van der Waals surface area (Å²) in [6, 6.07) is 7.74. The van der Waals surface area contributed by atoms with Crippen molar-refractivity contribution in [3.05, 3.63) is 29.8 Å². The molecule has 0 aromatic heterocycles. The molecule has 1 unspecified atom stereocenters. The summed E-state index contributed by atoms with van der Waals surface area (Å²) in [5.74, 6) is 0.899. The van der Waals surface area contributed by atoms with Crippen molar-refractivity contribution < 1.29 is 5.11 Å². The van der Waals surface area contributed by atoms with Gasteiger partial charge in [-0.25, -0.2) is 0 Å². The molecule has 17 heavy (non-hydrogen) atoms. The van der Waals surface area contributed by atoms with Crippen LogP contribution in [0.2, 0.25) is 0 Å². The van der Waals surface area contributed by atoms with Gasteiger partial charge in [0.2, 0.25) is 0 Å². The predicted octanol–water partition coefficient (Wildman–Crippen LogP) is 3.41. The number of benzene rings is 1. The third-order valence-corrected chi connectivity index (χ3v) is 4.04. The molecule has 1 saturated heterocycles. The highest BCUT2D eigenvalue weighted by atomic mass is 16.3. The lowest BCUT2D eigenvalue weighted by Gasteiger charge is -2.38. The minimum atomic E-state index is 0.0369. The first-order chi connectivity index (χ1) is 8.15. The molecule has 2 N–H and O–H groups in total. The molecule has 0 spiro atoms. The van der Waals surface area contributed by atoms with Crippen LogP contribution in [0, 0.1) is 5.92 Å². The van der Waals surface area contributed by atoms with Gasteiger partial charge >= 0.3 is 0 Å². The van der Waals surface area contributed by atoms with E-state index in [0.717, 1.165) is 13.0 Å². The molecule has 1 aromatic rings. The summed E-state index contributed by atoms with van der Waals surface area (Å²) in [4.78, 5) is 0. The summed E-state index contributed by atoms with van der Waals surface area (Å²) >= 11 is 0. The van der Waals surface area contributed by atoms with Gasteiger partial charge in [0.1, 0.15) is 5.75 Å². The number of rotatable bonds is 2. The summed E-state index contributed by atoms with van der Waals surface area (Å²) < 4.78 is 0. The second-order valence-electron chi connectivity index (χ2n) is 5.41. The molecule has 0 saturated carbocycles. The molecule has 0 amide bonds. The number of phenols is 1. The lowest BCUT2D eigenvalue weighted by Crippen LogP contribution is -2.46. The van der Waals surface area contributed by atoms with Crippen molar-refractivity contribution in [2.75, 3.05) is 6.54 Å². The van der Waals surface area contributed by atoms with Crippen LogP contribution in [0.5, 0.6) is 5.75 Å². The van der Waals surface area contributed by atoms with Gasteiger partial charge in [-0.15, -0.1) is 0 Å². The van der Waals surface area contributed by atoms with E-state index >= 15 is 0 Å². The Bertz CT molecular complexity index is 365. The zero-order valence-corrected chi connectivity index (χ0v) is 10.9. The molecule has 1 fully saturated rings. The van der Waals surface area contributed by atoms with E-state index in [-0.39, 0.29) is 5.54 Å². The highest BCUT2D eigenvalue weighted by molar-refractivity contribution is 5.33. The van der Waals surface area contributed by atoms with Crippen molar-refractivity contribution in [1.29, 1.82) is 0 Å². The van der Waals surface area contributed by atoms with Crippen LogP contribution in [0.15, 0.2) is 24.3 Å². The SMILES string of the molecule is CC(C)C1(c2cccc(O)c2)CCCCCN1. The molecular formula is C15H23NO. The van der Waals surface area contributed by atoms with Crippen LogP contribution < -0.4 is 5.32 Å². The Morgan fingerprint density at radius 3 is 2.76 bits per heavy atom. The Morgan fingerprint density at radius 2 is 2.06 bits per heavy atom. The number of hydrogen-bond donors (Lipinski definition) is 2. The molecule has 2 rings (SSSR count). The second-order valence-corrected chi connectivity index (χ2v) is 5.41. The van der Waals surface area contributed by atoms with Crippen LogP contribution in [0.3, 0.4) is 0 Å². The van der Waals surface area contributed by atoms with Crippen LogP contribution in [-0.4, -0.2) is 11.7 Å². The largest absolute Gasteiger partial charge is 0.508 e. The average molecular weight is 233 g/mol. The minimum Gasteiger partial charge on any atom is -0.508 e. The molecule has 0 aliphatic carbocycles. The number of hydrogen-bond acceptors (Lipinski definition) is 2. The molecule has 1 aliphatic heterocycles. The van der Waals surface area contributed by atoms with E-state index in [0.29, 0.717) is 11.7 Å². The Labute approximate surface area is 104 Å². The monoisotopic (exact) mass is 233 g/mol. The maximum Gasteiger partial charge on any atom is 0.115 e. The van der Waals surface area contributed by atoms with Crippen molar-refractivity contribution in [2.45, 2.75) is 45.1 Å². The fourth-order valence-electron chi connectivity index (χ4n) is 2.96. The fraction of sp³-hybridized carbons (Fsp3) is 0.600. The molecule has 0 bridgehead atoms. The van der Waals surface area contributed by atoms with Crippen molar-refractivity contribution in [3.63, 3.8) is 0 Å². The van der Waals surface area contributed by atoms with Crippen LogP contribution in [0.4, 0.5) is 0 Å². The van der Waals surface area contributed by atoms with Crippen molar-refractivity contribution in [3.8, 4) is 5.75 Å². The minimum absolute atomic E-state index is 0.0369. The van der Waals surface area contributed by atoms with Crippen LogP contribution in [-0.2, 0) is 5.54 Å². The first-order valence-electron chi connectivity index (χ1n) is 6.70. The third-order valence-electron chi connectivity index (χ3n) is 4.04. The average Bonchev–Trinajstić information content (AvgIpc) is 2.55. The van der Waals surface area contributed by atoms with E-state index < -0.39 is 0 Å². The lowest BCUT2D eigenvalue weighted by atomic mass is 9.76. The van der Waals surface area contributed by atoms with Gasteiger partial charge < -0.3 is 10.4 Å². The van der Waals surface area contributed by atoms with Gasteiger partial charge in [-0.3, -0.25) is 0 Å². The smallest absolute Gasteiger partial charge is 0.115 e. The Kier molecular flexibility index (Phi) is 3.72. The van der Waals surface area contributed by atoms with E-state index in [1.807, 2.05) is 12.1 Å². The Morgan fingerprint density at radius 1 is 1.24 bits per heavy atom. The number of phenolic OH excluding ortho intramolecular Hbond substituents is 1. The normalized spacial score (nSPS) is 25.8. The zero-order chi connectivity index (χ0) is 12.3. The third kappa shape index (κ3) is 2.47. The Hall–Kier alpha value is -1.02. The second kappa shape index (κ2) is 5.09. The number of aromatic hydroxyl groups is 1. The molecule has 1 heterocycles. The van der Waals surface area contributed by atoms with Crippen LogP contribution >= 0.6 is 0 Å². The topological polar surface area (TPSA) is 32.3 Å². The maximum absolute atomic E-state index is 9.68. The summed E-state index contributed by atoms with van der Waals surface area (Å²) in [6.07, 6.45) is 4.99. The standard InChI is InChI=1S/C15H23NO/c1-12(2)15(9-4-3-5-10-16-15)13-7-6-8-14(17)11-13/h6-8,11-12,16-17H,3-5,9-10H2,1-2H3. The molecule has 1 aromatic carbocycles. The van der Waals surface area contributed by atoms with Gasteiger partial charge in [0, 0.05) is 5.54 Å². The van der Waals surface area contributed by atoms with Gasteiger partial charge in [-0.05, 0) is 43.0 Å². The molecule has 0 radical (unpaired) electrons. The summed E-state index contributed by atoms with van der Waals surface area (Å²) in [5.41, 5.74) is 1.27. The summed E-state index contributed by atoms with van der Waals surface area (Å²) in [7, 11) is 0. The highest BCUT2D eigenvalue weighted by Gasteiger charge is 2.35. The molecule has 2 nitrogen and oxygen atoms in total. The van der Waals surface area contributed by atoms with Crippen molar-refractivity contribution >= 4 is 0 Å². The van der Waals surface area contributed by atoms with Gasteiger partial charge in [0.25, 0.3) is 0 Å². The van der Waals surface area contributed by atoms with E-state index in [1.54, 1.807) is 6.07 Å². The highest BCUT2D eigenvalue weighted by Crippen LogP contribution is 2.37. The number of nitrogens with one attached hydrogen (secondary N) is 1. The molecule has 94 valence electrons. The Balaban J connectivity index is 2.39. The molecule has 1 atom stereocenters. The summed E-state index contributed by atoms with van der Waals surface area (Å²) in [5, 5.41) is 13.4.